The van der Waals surface area contributed by atoms with Crippen molar-refractivity contribution >= 4 is 28.8 Å². The number of amides is 2. The number of piperidine rings is 1. The van der Waals surface area contributed by atoms with Crippen LogP contribution in [-0.2, 0) is 9.59 Å². The van der Waals surface area contributed by atoms with Crippen LogP contribution in [0.1, 0.15) is 48.8 Å². The minimum atomic E-state index is -0.261. The largest absolute Gasteiger partial charge is 0.348 e. The van der Waals surface area contributed by atoms with Crippen molar-refractivity contribution < 1.29 is 9.59 Å². The normalized spacial score (nSPS) is 16.2. The number of fused-ring (bicyclic) bond motifs is 1. The van der Waals surface area contributed by atoms with E-state index in [4.69, 9.17) is 0 Å². The van der Waals surface area contributed by atoms with Gasteiger partial charge in [-0.2, -0.15) is 0 Å². The van der Waals surface area contributed by atoms with Gasteiger partial charge >= 0.3 is 0 Å². The van der Waals surface area contributed by atoms with Gasteiger partial charge in [0.1, 0.15) is 5.82 Å². The lowest BCUT2D eigenvalue weighted by Gasteiger charge is -2.32. The molecule has 1 atom stereocenters. The molecule has 7 nitrogen and oxygen atoms in total. The zero-order valence-corrected chi connectivity index (χ0v) is 16.6. The molecule has 4 heterocycles. The first-order chi connectivity index (χ1) is 13.6. The summed E-state index contributed by atoms with van der Waals surface area (Å²) in [6.45, 7) is 2.88. The number of likely N-dealkylation sites (tertiary alicyclic amines) is 1. The van der Waals surface area contributed by atoms with Gasteiger partial charge in [0, 0.05) is 37.0 Å². The maximum Gasteiger partial charge on any atom is 0.225 e. The molecular weight excluding hydrogens is 374 g/mol. The molecule has 1 N–H and O–H groups in total. The van der Waals surface area contributed by atoms with E-state index in [1.165, 1.54) is 6.92 Å². The number of hydrogen-bond donors (Lipinski definition) is 1. The van der Waals surface area contributed by atoms with Crippen LogP contribution in [0, 0.1) is 0 Å². The summed E-state index contributed by atoms with van der Waals surface area (Å²) >= 11 is 1.56. The van der Waals surface area contributed by atoms with Gasteiger partial charge in [-0.3, -0.25) is 14.0 Å². The average Bonchev–Trinajstić information content (AvgIpc) is 3.37. The molecule has 0 bridgehead atoms. The SMILES string of the molecule is CC(=O)NC(CC(=O)N1CCC(c2nnc3ccccn23)CC1)c1cccs1. The molecule has 0 saturated carbocycles. The van der Waals surface area contributed by atoms with Crippen LogP contribution in [0.5, 0.6) is 0 Å². The molecule has 146 valence electrons. The number of aromatic nitrogens is 3. The lowest BCUT2D eigenvalue weighted by atomic mass is 9.95. The zero-order chi connectivity index (χ0) is 19.5. The van der Waals surface area contributed by atoms with E-state index in [1.54, 1.807) is 11.3 Å². The summed E-state index contributed by atoms with van der Waals surface area (Å²) < 4.78 is 2.03. The second kappa shape index (κ2) is 8.10. The van der Waals surface area contributed by atoms with Crippen LogP contribution in [0.3, 0.4) is 0 Å². The summed E-state index contributed by atoms with van der Waals surface area (Å²) in [7, 11) is 0. The third-order valence-corrected chi connectivity index (χ3v) is 6.18. The average molecular weight is 398 g/mol. The summed E-state index contributed by atoms with van der Waals surface area (Å²) in [6.07, 6.45) is 4.01. The van der Waals surface area contributed by atoms with Crippen molar-refractivity contribution in [1.29, 1.82) is 0 Å². The second-order valence-corrected chi connectivity index (χ2v) is 8.09. The van der Waals surface area contributed by atoms with Gasteiger partial charge in [-0.15, -0.1) is 21.5 Å². The van der Waals surface area contributed by atoms with Gasteiger partial charge < -0.3 is 10.2 Å². The summed E-state index contributed by atoms with van der Waals surface area (Å²) in [4.78, 5) is 27.3. The van der Waals surface area contributed by atoms with E-state index in [1.807, 2.05) is 51.2 Å². The number of carbonyl (C=O) groups is 2. The van der Waals surface area contributed by atoms with Gasteiger partial charge in [0.15, 0.2) is 5.65 Å². The molecule has 1 aliphatic rings. The molecule has 4 rings (SSSR count). The quantitative estimate of drug-likeness (QED) is 0.718. The predicted octanol–water partition coefficient (Wildman–Crippen LogP) is 2.76. The van der Waals surface area contributed by atoms with Crippen molar-refractivity contribution in [2.45, 2.75) is 38.1 Å². The molecular formula is C20H23N5O2S. The molecule has 1 saturated heterocycles. The maximum atomic E-state index is 12.8. The van der Waals surface area contributed by atoms with E-state index < -0.39 is 0 Å². The Kier molecular flexibility index (Phi) is 5.38. The van der Waals surface area contributed by atoms with Gasteiger partial charge in [0.2, 0.25) is 11.8 Å². The molecule has 3 aromatic rings. The standard InChI is InChI=1S/C20H23N5O2S/c1-14(26)21-16(17-5-4-12-28-17)13-19(27)24-10-7-15(8-11-24)20-23-22-18-6-2-3-9-25(18)20/h2-6,9,12,15-16H,7-8,10-11,13H2,1H3,(H,21,26). The second-order valence-electron chi connectivity index (χ2n) is 7.11. The van der Waals surface area contributed by atoms with E-state index in [0.717, 1.165) is 29.2 Å². The molecule has 0 aromatic carbocycles. The fourth-order valence-corrected chi connectivity index (χ4v) is 4.56. The molecule has 8 heteroatoms. The number of rotatable bonds is 5. The zero-order valence-electron chi connectivity index (χ0n) is 15.7. The molecule has 2 amide bonds. The summed E-state index contributed by atoms with van der Waals surface area (Å²) in [5.74, 6) is 1.22. The van der Waals surface area contributed by atoms with Crippen LogP contribution in [0.4, 0.5) is 0 Å². The van der Waals surface area contributed by atoms with Crippen molar-refractivity contribution in [1.82, 2.24) is 24.8 Å². The van der Waals surface area contributed by atoms with E-state index in [-0.39, 0.29) is 17.9 Å². The molecule has 0 aliphatic carbocycles. The maximum absolute atomic E-state index is 12.8. The number of nitrogens with zero attached hydrogens (tertiary/aromatic N) is 4. The van der Waals surface area contributed by atoms with Crippen LogP contribution in [0.25, 0.3) is 5.65 Å². The first-order valence-electron chi connectivity index (χ1n) is 9.50. The Morgan fingerprint density at radius 1 is 1.21 bits per heavy atom. The van der Waals surface area contributed by atoms with Crippen molar-refractivity contribution in [2.24, 2.45) is 0 Å². The predicted molar refractivity (Wildman–Crippen MR) is 107 cm³/mol. The Morgan fingerprint density at radius 3 is 2.75 bits per heavy atom. The Bertz CT molecular complexity index is 960. The third-order valence-electron chi connectivity index (χ3n) is 5.20. The smallest absolute Gasteiger partial charge is 0.225 e. The van der Waals surface area contributed by atoms with Gasteiger partial charge in [-0.05, 0) is 36.4 Å². The first kappa shape index (κ1) is 18.6. The molecule has 28 heavy (non-hydrogen) atoms. The molecule has 0 spiro atoms. The Morgan fingerprint density at radius 2 is 2.04 bits per heavy atom. The van der Waals surface area contributed by atoms with E-state index in [2.05, 4.69) is 15.5 Å². The van der Waals surface area contributed by atoms with Crippen molar-refractivity contribution in [3.63, 3.8) is 0 Å². The van der Waals surface area contributed by atoms with Crippen molar-refractivity contribution in [3.05, 3.63) is 52.6 Å². The lowest BCUT2D eigenvalue weighted by molar-refractivity contribution is -0.133. The number of hydrogen-bond acceptors (Lipinski definition) is 5. The highest BCUT2D eigenvalue weighted by molar-refractivity contribution is 7.10. The van der Waals surface area contributed by atoms with E-state index in [0.29, 0.717) is 25.4 Å². The first-order valence-corrected chi connectivity index (χ1v) is 10.4. The fourth-order valence-electron chi connectivity index (χ4n) is 3.79. The van der Waals surface area contributed by atoms with Crippen LogP contribution >= 0.6 is 11.3 Å². The van der Waals surface area contributed by atoms with Crippen molar-refractivity contribution in [2.75, 3.05) is 13.1 Å². The molecule has 0 radical (unpaired) electrons. The molecule has 1 aliphatic heterocycles. The number of pyridine rings is 1. The van der Waals surface area contributed by atoms with Crippen LogP contribution in [0.15, 0.2) is 41.9 Å². The Hall–Kier alpha value is -2.74. The van der Waals surface area contributed by atoms with E-state index >= 15 is 0 Å². The van der Waals surface area contributed by atoms with Crippen LogP contribution in [0.2, 0.25) is 0 Å². The van der Waals surface area contributed by atoms with E-state index in [9.17, 15) is 9.59 Å². The van der Waals surface area contributed by atoms with Crippen molar-refractivity contribution in [3.8, 4) is 0 Å². The summed E-state index contributed by atoms with van der Waals surface area (Å²) in [5.41, 5.74) is 0.852. The topological polar surface area (TPSA) is 79.6 Å². The number of carbonyl (C=O) groups excluding carboxylic acids is 2. The van der Waals surface area contributed by atoms with Crippen LogP contribution in [-0.4, -0.2) is 44.4 Å². The summed E-state index contributed by atoms with van der Waals surface area (Å²) in [5, 5.41) is 13.5. The number of thiophene rings is 1. The monoisotopic (exact) mass is 397 g/mol. The highest BCUT2D eigenvalue weighted by Crippen LogP contribution is 2.29. The fraction of sp³-hybridized carbons (Fsp3) is 0.400. The van der Waals surface area contributed by atoms with Gasteiger partial charge in [0.25, 0.3) is 0 Å². The highest BCUT2D eigenvalue weighted by Gasteiger charge is 2.28. The van der Waals surface area contributed by atoms with Gasteiger partial charge in [-0.1, -0.05) is 12.1 Å². The Balaban J connectivity index is 1.39. The lowest BCUT2D eigenvalue weighted by Crippen LogP contribution is -2.40. The minimum absolute atomic E-state index is 0.0803. The molecule has 1 fully saturated rings. The molecule has 3 aromatic heterocycles. The molecule has 1 unspecified atom stereocenters. The number of nitrogens with one attached hydrogen (secondary N) is 1. The summed E-state index contributed by atoms with van der Waals surface area (Å²) in [6, 6.07) is 9.51. The van der Waals surface area contributed by atoms with Gasteiger partial charge in [0.05, 0.1) is 12.5 Å². The Labute approximate surface area is 167 Å². The third kappa shape index (κ3) is 3.91. The minimum Gasteiger partial charge on any atom is -0.348 e. The highest BCUT2D eigenvalue weighted by atomic mass is 32.1. The van der Waals surface area contributed by atoms with Gasteiger partial charge in [-0.25, -0.2) is 0 Å². The van der Waals surface area contributed by atoms with Crippen LogP contribution < -0.4 is 5.32 Å².